The zero-order valence-electron chi connectivity index (χ0n) is 16.3. The van der Waals surface area contributed by atoms with Crippen LogP contribution in [0.2, 0.25) is 10.0 Å². The van der Waals surface area contributed by atoms with E-state index in [1.165, 1.54) is 12.8 Å². The van der Waals surface area contributed by atoms with E-state index in [1.54, 1.807) is 18.2 Å². The van der Waals surface area contributed by atoms with E-state index in [2.05, 4.69) is 4.90 Å². The third-order valence-corrected chi connectivity index (χ3v) is 7.17. The van der Waals surface area contributed by atoms with Crippen molar-refractivity contribution in [1.82, 2.24) is 9.80 Å². The highest BCUT2D eigenvalue weighted by atomic mass is 35.5. The van der Waals surface area contributed by atoms with E-state index in [0.29, 0.717) is 28.8 Å². The summed E-state index contributed by atoms with van der Waals surface area (Å²) >= 11 is 12.2. The SMILES string of the molecule is CN(C(=O)c1ccc(Cl)c(Cl)c1)C1CCCC2(CC1N1CCCC1)OCCO2. The highest BCUT2D eigenvalue weighted by Crippen LogP contribution is 2.39. The van der Waals surface area contributed by atoms with Crippen molar-refractivity contribution in [3.63, 3.8) is 0 Å². The number of benzene rings is 1. The first-order valence-corrected chi connectivity index (χ1v) is 11.0. The Labute approximate surface area is 176 Å². The van der Waals surface area contributed by atoms with Crippen molar-refractivity contribution in [2.75, 3.05) is 33.4 Å². The minimum Gasteiger partial charge on any atom is -0.347 e. The van der Waals surface area contributed by atoms with Gasteiger partial charge in [0.25, 0.3) is 5.91 Å². The quantitative estimate of drug-likeness (QED) is 0.725. The predicted molar refractivity (Wildman–Crippen MR) is 110 cm³/mol. The van der Waals surface area contributed by atoms with Crippen molar-refractivity contribution >= 4 is 29.1 Å². The Morgan fingerprint density at radius 2 is 1.86 bits per heavy atom. The van der Waals surface area contributed by atoms with Gasteiger partial charge in [0.1, 0.15) is 0 Å². The van der Waals surface area contributed by atoms with Gasteiger partial charge in [-0.05, 0) is 57.0 Å². The number of ether oxygens (including phenoxy) is 2. The van der Waals surface area contributed by atoms with Gasteiger partial charge in [0.15, 0.2) is 5.79 Å². The molecule has 0 aromatic heterocycles. The molecule has 0 radical (unpaired) electrons. The van der Waals surface area contributed by atoms with Crippen LogP contribution in [-0.2, 0) is 9.47 Å². The lowest BCUT2D eigenvalue weighted by molar-refractivity contribution is -0.174. The summed E-state index contributed by atoms with van der Waals surface area (Å²) in [6, 6.07) is 5.45. The number of likely N-dealkylation sites (N-methyl/N-ethyl adjacent to an activating group) is 1. The molecule has 7 heteroatoms. The first-order chi connectivity index (χ1) is 13.5. The molecule has 1 aliphatic carbocycles. The van der Waals surface area contributed by atoms with Crippen LogP contribution in [0.15, 0.2) is 18.2 Å². The van der Waals surface area contributed by atoms with E-state index in [-0.39, 0.29) is 18.0 Å². The molecule has 1 saturated carbocycles. The first kappa shape index (κ1) is 20.4. The molecule has 1 aromatic carbocycles. The molecule has 1 amide bonds. The molecular formula is C21H28Cl2N2O3. The van der Waals surface area contributed by atoms with Crippen molar-refractivity contribution in [2.45, 2.75) is 56.4 Å². The molecule has 2 aliphatic heterocycles. The average Bonchev–Trinajstić information content (AvgIpc) is 3.34. The molecule has 3 fully saturated rings. The molecule has 4 rings (SSSR count). The molecule has 154 valence electrons. The molecule has 0 bridgehead atoms. The molecule has 28 heavy (non-hydrogen) atoms. The third kappa shape index (κ3) is 4.05. The first-order valence-electron chi connectivity index (χ1n) is 10.2. The fraction of sp³-hybridized carbons (Fsp3) is 0.667. The monoisotopic (exact) mass is 426 g/mol. The molecule has 2 heterocycles. The second-order valence-electron chi connectivity index (χ2n) is 8.13. The van der Waals surface area contributed by atoms with Gasteiger partial charge in [-0.2, -0.15) is 0 Å². The molecule has 0 N–H and O–H groups in total. The summed E-state index contributed by atoms with van der Waals surface area (Å²) in [6.45, 7) is 3.48. The van der Waals surface area contributed by atoms with Crippen LogP contribution in [-0.4, -0.2) is 66.9 Å². The number of nitrogens with zero attached hydrogens (tertiary/aromatic N) is 2. The number of halogens is 2. The molecule has 1 spiro atoms. The maximum atomic E-state index is 13.2. The lowest BCUT2D eigenvalue weighted by Gasteiger charge is -2.40. The van der Waals surface area contributed by atoms with Gasteiger partial charge < -0.3 is 14.4 Å². The highest BCUT2D eigenvalue weighted by Gasteiger charge is 2.46. The Morgan fingerprint density at radius 1 is 1.14 bits per heavy atom. The van der Waals surface area contributed by atoms with Gasteiger partial charge in [0.2, 0.25) is 0 Å². The Morgan fingerprint density at radius 3 is 2.54 bits per heavy atom. The number of hydrogen-bond acceptors (Lipinski definition) is 4. The molecule has 2 unspecified atom stereocenters. The Balaban J connectivity index is 1.59. The largest absolute Gasteiger partial charge is 0.347 e. The van der Waals surface area contributed by atoms with Crippen LogP contribution in [0.25, 0.3) is 0 Å². The molecule has 5 nitrogen and oxygen atoms in total. The van der Waals surface area contributed by atoms with E-state index >= 15 is 0 Å². The summed E-state index contributed by atoms with van der Waals surface area (Å²) in [5, 5.41) is 0.868. The Bertz CT molecular complexity index is 718. The van der Waals surface area contributed by atoms with Gasteiger partial charge in [-0.15, -0.1) is 0 Å². The minimum atomic E-state index is -0.477. The summed E-state index contributed by atoms with van der Waals surface area (Å²) in [6.07, 6.45) is 6.05. The van der Waals surface area contributed by atoms with Crippen LogP contribution in [0.1, 0.15) is 48.9 Å². The summed E-state index contributed by atoms with van der Waals surface area (Å²) in [4.78, 5) is 17.7. The Hall–Kier alpha value is -0.850. The molecule has 1 aromatic rings. The second kappa shape index (κ2) is 8.49. The van der Waals surface area contributed by atoms with E-state index in [0.717, 1.165) is 38.8 Å². The van der Waals surface area contributed by atoms with Gasteiger partial charge in [0.05, 0.1) is 23.3 Å². The fourth-order valence-corrected chi connectivity index (χ4v) is 5.27. The van der Waals surface area contributed by atoms with Crippen LogP contribution < -0.4 is 0 Å². The second-order valence-corrected chi connectivity index (χ2v) is 8.94. The van der Waals surface area contributed by atoms with E-state index in [9.17, 15) is 4.79 Å². The lowest BCUT2D eigenvalue weighted by atomic mass is 9.97. The summed E-state index contributed by atoms with van der Waals surface area (Å²) < 4.78 is 12.1. The van der Waals surface area contributed by atoms with Crippen LogP contribution in [0.5, 0.6) is 0 Å². The highest BCUT2D eigenvalue weighted by molar-refractivity contribution is 6.42. The van der Waals surface area contributed by atoms with Gasteiger partial charge in [-0.25, -0.2) is 0 Å². The van der Waals surface area contributed by atoms with Crippen molar-refractivity contribution in [1.29, 1.82) is 0 Å². The maximum absolute atomic E-state index is 13.2. The van der Waals surface area contributed by atoms with Crippen molar-refractivity contribution < 1.29 is 14.3 Å². The molecule has 3 aliphatic rings. The smallest absolute Gasteiger partial charge is 0.253 e. The lowest BCUT2D eigenvalue weighted by Crippen LogP contribution is -2.53. The minimum absolute atomic E-state index is 0.0167. The van der Waals surface area contributed by atoms with E-state index < -0.39 is 5.79 Å². The number of carbonyl (C=O) groups excluding carboxylic acids is 1. The van der Waals surface area contributed by atoms with E-state index in [1.807, 2.05) is 11.9 Å². The van der Waals surface area contributed by atoms with Crippen molar-refractivity contribution in [2.24, 2.45) is 0 Å². The van der Waals surface area contributed by atoms with Crippen molar-refractivity contribution in [3.8, 4) is 0 Å². The summed E-state index contributed by atoms with van der Waals surface area (Å²) in [5.74, 6) is -0.493. The molecule has 2 atom stereocenters. The summed E-state index contributed by atoms with van der Waals surface area (Å²) in [5.41, 5.74) is 0.574. The normalized spacial score (nSPS) is 27.8. The third-order valence-electron chi connectivity index (χ3n) is 6.43. The van der Waals surface area contributed by atoms with Crippen LogP contribution >= 0.6 is 23.2 Å². The van der Waals surface area contributed by atoms with Crippen LogP contribution in [0.3, 0.4) is 0 Å². The predicted octanol–water partition coefficient (Wildman–Crippen LogP) is 4.22. The van der Waals surface area contributed by atoms with Crippen molar-refractivity contribution in [3.05, 3.63) is 33.8 Å². The number of carbonyl (C=O) groups is 1. The standard InChI is InChI=1S/C21H28Cl2N2O3/c1-24(20(26)15-6-7-16(22)17(23)13-15)18-5-4-8-21(27-11-12-28-21)14-19(18)25-9-2-3-10-25/h6-7,13,18-19H,2-5,8-12,14H2,1H3. The number of hydrogen-bond donors (Lipinski definition) is 0. The Kier molecular flexibility index (Phi) is 6.19. The number of amides is 1. The zero-order valence-corrected chi connectivity index (χ0v) is 17.8. The van der Waals surface area contributed by atoms with Gasteiger partial charge in [0, 0.05) is 37.5 Å². The van der Waals surface area contributed by atoms with E-state index in [4.69, 9.17) is 32.7 Å². The van der Waals surface area contributed by atoms with Crippen LogP contribution in [0.4, 0.5) is 0 Å². The summed E-state index contributed by atoms with van der Waals surface area (Å²) in [7, 11) is 1.91. The molecule has 2 saturated heterocycles. The number of likely N-dealkylation sites (tertiary alicyclic amines) is 1. The average molecular weight is 427 g/mol. The maximum Gasteiger partial charge on any atom is 0.253 e. The molecular weight excluding hydrogens is 399 g/mol. The van der Waals surface area contributed by atoms with Gasteiger partial charge >= 0.3 is 0 Å². The van der Waals surface area contributed by atoms with Gasteiger partial charge in [-0.3, -0.25) is 9.69 Å². The number of rotatable bonds is 3. The van der Waals surface area contributed by atoms with Crippen LogP contribution in [0, 0.1) is 0 Å². The van der Waals surface area contributed by atoms with Gasteiger partial charge in [-0.1, -0.05) is 23.2 Å². The zero-order chi connectivity index (χ0) is 19.7. The fourth-order valence-electron chi connectivity index (χ4n) is 4.97. The topological polar surface area (TPSA) is 42.0 Å².